The molecule has 1 aromatic carbocycles. The lowest BCUT2D eigenvalue weighted by Gasteiger charge is -2.36. The molecule has 3 N–H and O–H groups in total. The van der Waals surface area contributed by atoms with Crippen molar-refractivity contribution < 1.29 is 4.79 Å². The SMILES string of the molecule is Nc1cc2c(cc1N1CCN(C3CC3)CC1)NC(=O)C2. The summed E-state index contributed by atoms with van der Waals surface area (Å²) in [5, 5.41) is 2.91. The minimum Gasteiger partial charge on any atom is -0.397 e. The van der Waals surface area contributed by atoms with E-state index in [0.29, 0.717) is 6.42 Å². The first-order valence-corrected chi connectivity index (χ1v) is 7.42. The molecule has 2 fully saturated rings. The second kappa shape index (κ2) is 4.38. The minimum absolute atomic E-state index is 0.0649. The number of piperazine rings is 1. The predicted molar refractivity (Wildman–Crippen MR) is 80.0 cm³/mol. The van der Waals surface area contributed by atoms with Gasteiger partial charge in [-0.2, -0.15) is 0 Å². The van der Waals surface area contributed by atoms with Gasteiger partial charge in [0.05, 0.1) is 17.8 Å². The fraction of sp³-hybridized carbons (Fsp3) is 0.533. The molecule has 1 saturated carbocycles. The van der Waals surface area contributed by atoms with Crippen LogP contribution in [0.3, 0.4) is 0 Å². The number of anilines is 3. The molecular formula is C15H20N4O. The Labute approximate surface area is 118 Å². The molecule has 0 aromatic heterocycles. The molecular weight excluding hydrogens is 252 g/mol. The maximum atomic E-state index is 11.5. The molecule has 0 spiro atoms. The lowest BCUT2D eigenvalue weighted by molar-refractivity contribution is -0.115. The molecule has 3 aliphatic rings. The number of nitrogens with one attached hydrogen (secondary N) is 1. The number of amides is 1. The molecule has 1 saturated heterocycles. The molecule has 2 heterocycles. The fourth-order valence-corrected chi connectivity index (χ4v) is 3.32. The van der Waals surface area contributed by atoms with Gasteiger partial charge in [0.15, 0.2) is 0 Å². The van der Waals surface area contributed by atoms with Gasteiger partial charge in [-0.1, -0.05) is 0 Å². The summed E-state index contributed by atoms with van der Waals surface area (Å²) in [7, 11) is 0. The number of carbonyl (C=O) groups excluding carboxylic acids is 1. The van der Waals surface area contributed by atoms with Crippen LogP contribution in [-0.4, -0.2) is 43.0 Å². The number of nitrogens with two attached hydrogens (primary N) is 1. The van der Waals surface area contributed by atoms with Crippen molar-refractivity contribution in [2.75, 3.05) is 42.1 Å². The molecule has 1 aliphatic carbocycles. The Morgan fingerprint density at radius 1 is 1.15 bits per heavy atom. The summed E-state index contributed by atoms with van der Waals surface area (Å²) in [5.41, 5.74) is 10.0. The molecule has 0 unspecified atom stereocenters. The number of rotatable bonds is 2. The second-order valence-electron chi connectivity index (χ2n) is 6.05. The van der Waals surface area contributed by atoms with E-state index in [2.05, 4.69) is 15.1 Å². The molecule has 5 heteroatoms. The van der Waals surface area contributed by atoms with E-state index in [4.69, 9.17) is 5.73 Å². The highest BCUT2D eigenvalue weighted by molar-refractivity contribution is 6.00. The Hall–Kier alpha value is -1.75. The number of nitrogen functional groups attached to an aromatic ring is 1. The number of carbonyl (C=O) groups is 1. The molecule has 0 radical (unpaired) electrons. The number of nitrogens with zero attached hydrogens (tertiary/aromatic N) is 2. The number of fused-ring (bicyclic) bond motifs is 1. The zero-order valence-corrected chi connectivity index (χ0v) is 11.6. The lowest BCUT2D eigenvalue weighted by Crippen LogP contribution is -2.47. The van der Waals surface area contributed by atoms with E-state index in [1.165, 1.54) is 12.8 Å². The van der Waals surface area contributed by atoms with Crippen LogP contribution in [0.4, 0.5) is 17.1 Å². The normalized spacial score (nSPS) is 22.8. The third-order valence-electron chi connectivity index (χ3n) is 4.60. The summed E-state index contributed by atoms with van der Waals surface area (Å²) in [6.45, 7) is 4.28. The fourth-order valence-electron chi connectivity index (χ4n) is 3.32. The van der Waals surface area contributed by atoms with Gasteiger partial charge in [-0.05, 0) is 30.5 Å². The van der Waals surface area contributed by atoms with Crippen molar-refractivity contribution in [1.29, 1.82) is 0 Å². The van der Waals surface area contributed by atoms with Crippen LogP contribution in [0.5, 0.6) is 0 Å². The lowest BCUT2D eigenvalue weighted by atomic mass is 10.1. The highest BCUT2D eigenvalue weighted by Crippen LogP contribution is 2.35. The van der Waals surface area contributed by atoms with Gasteiger partial charge in [0.25, 0.3) is 0 Å². The van der Waals surface area contributed by atoms with Crippen molar-refractivity contribution in [1.82, 2.24) is 4.90 Å². The molecule has 0 atom stereocenters. The smallest absolute Gasteiger partial charge is 0.228 e. The second-order valence-corrected chi connectivity index (χ2v) is 6.05. The average Bonchev–Trinajstić information content (AvgIpc) is 3.21. The number of benzene rings is 1. The third kappa shape index (κ3) is 2.02. The van der Waals surface area contributed by atoms with E-state index < -0.39 is 0 Å². The van der Waals surface area contributed by atoms with Crippen LogP contribution in [0, 0.1) is 0 Å². The topological polar surface area (TPSA) is 61.6 Å². The maximum Gasteiger partial charge on any atom is 0.228 e. The molecule has 4 rings (SSSR count). The monoisotopic (exact) mass is 272 g/mol. The van der Waals surface area contributed by atoms with E-state index in [1.54, 1.807) is 0 Å². The number of hydrogen-bond donors (Lipinski definition) is 2. The molecule has 106 valence electrons. The van der Waals surface area contributed by atoms with Crippen molar-refractivity contribution in [3.63, 3.8) is 0 Å². The third-order valence-corrected chi connectivity index (χ3v) is 4.60. The highest BCUT2D eigenvalue weighted by Gasteiger charge is 2.31. The zero-order valence-electron chi connectivity index (χ0n) is 11.6. The Morgan fingerprint density at radius 3 is 2.60 bits per heavy atom. The molecule has 2 aliphatic heterocycles. The molecule has 20 heavy (non-hydrogen) atoms. The molecule has 1 aromatic rings. The van der Waals surface area contributed by atoms with E-state index >= 15 is 0 Å². The van der Waals surface area contributed by atoms with Gasteiger partial charge < -0.3 is 16.0 Å². The van der Waals surface area contributed by atoms with E-state index in [-0.39, 0.29) is 5.91 Å². The van der Waals surface area contributed by atoms with Gasteiger partial charge in [-0.15, -0.1) is 0 Å². The van der Waals surface area contributed by atoms with Crippen LogP contribution in [-0.2, 0) is 11.2 Å². The van der Waals surface area contributed by atoms with Gasteiger partial charge in [0.1, 0.15) is 0 Å². The van der Waals surface area contributed by atoms with Crippen LogP contribution in [0.2, 0.25) is 0 Å². The van der Waals surface area contributed by atoms with Gasteiger partial charge in [0.2, 0.25) is 5.91 Å². The quantitative estimate of drug-likeness (QED) is 0.790. The summed E-state index contributed by atoms with van der Waals surface area (Å²) in [5.74, 6) is 0.0649. The van der Waals surface area contributed by atoms with Crippen molar-refractivity contribution >= 4 is 23.0 Å². The average molecular weight is 272 g/mol. The van der Waals surface area contributed by atoms with E-state index in [0.717, 1.165) is 54.8 Å². The molecule has 0 bridgehead atoms. The first kappa shape index (κ1) is 12.0. The summed E-state index contributed by atoms with van der Waals surface area (Å²) < 4.78 is 0. The van der Waals surface area contributed by atoms with E-state index in [1.807, 2.05) is 12.1 Å². The van der Waals surface area contributed by atoms with Crippen molar-refractivity contribution in [3.05, 3.63) is 17.7 Å². The van der Waals surface area contributed by atoms with Gasteiger partial charge >= 0.3 is 0 Å². The maximum absolute atomic E-state index is 11.5. The van der Waals surface area contributed by atoms with Crippen molar-refractivity contribution in [2.45, 2.75) is 25.3 Å². The summed E-state index contributed by atoms with van der Waals surface area (Å²) in [6, 6.07) is 4.84. The molecule has 5 nitrogen and oxygen atoms in total. The van der Waals surface area contributed by atoms with Crippen LogP contribution >= 0.6 is 0 Å². The van der Waals surface area contributed by atoms with Crippen LogP contribution in [0.1, 0.15) is 18.4 Å². The van der Waals surface area contributed by atoms with Crippen LogP contribution in [0.15, 0.2) is 12.1 Å². The van der Waals surface area contributed by atoms with Gasteiger partial charge in [-0.25, -0.2) is 0 Å². The Morgan fingerprint density at radius 2 is 1.90 bits per heavy atom. The Kier molecular flexibility index (Phi) is 2.63. The van der Waals surface area contributed by atoms with Crippen LogP contribution < -0.4 is 16.0 Å². The summed E-state index contributed by atoms with van der Waals surface area (Å²) in [6.07, 6.45) is 3.19. The van der Waals surface area contributed by atoms with Crippen molar-refractivity contribution in [3.8, 4) is 0 Å². The largest absolute Gasteiger partial charge is 0.397 e. The van der Waals surface area contributed by atoms with Gasteiger partial charge in [-0.3, -0.25) is 9.69 Å². The highest BCUT2D eigenvalue weighted by atomic mass is 16.1. The molecule has 1 amide bonds. The standard InChI is InChI=1S/C15H20N4O/c16-12-7-10-8-15(20)17-13(10)9-14(12)19-5-3-18(4-6-19)11-1-2-11/h7,9,11H,1-6,8,16H2,(H,17,20). The summed E-state index contributed by atoms with van der Waals surface area (Å²) >= 11 is 0. The van der Waals surface area contributed by atoms with Crippen LogP contribution in [0.25, 0.3) is 0 Å². The Balaban J connectivity index is 1.54. The van der Waals surface area contributed by atoms with Gasteiger partial charge in [0, 0.05) is 37.9 Å². The predicted octanol–water partition coefficient (Wildman–Crippen LogP) is 1.05. The Bertz CT molecular complexity index is 559. The first-order valence-electron chi connectivity index (χ1n) is 7.42. The van der Waals surface area contributed by atoms with Crippen molar-refractivity contribution in [2.24, 2.45) is 0 Å². The first-order chi connectivity index (χ1) is 9.70. The number of hydrogen-bond acceptors (Lipinski definition) is 4. The van der Waals surface area contributed by atoms with E-state index in [9.17, 15) is 4.79 Å². The minimum atomic E-state index is 0.0649. The zero-order chi connectivity index (χ0) is 13.7. The summed E-state index contributed by atoms with van der Waals surface area (Å²) in [4.78, 5) is 16.4.